The number of ether oxygens (including phenoxy) is 6. The van der Waals surface area contributed by atoms with Crippen molar-refractivity contribution >= 4 is 0 Å². The van der Waals surface area contributed by atoms with Gasteiger partial charge in [-0.2, -0.15) is 0 Å². The highest BCUT2D eigenvalue weighted by Crippen LogP contribution is 2.35. The highest BCUT2D eigenvalue weighted by atomic mass is 16.8. The molecule has 0 radical (unpaired) electrons. The zero-order valence-corrected chi connectivity index (χ0v) is 37.1. The molecule has 23 heteroatoms. The van der Waals surface area contributed by atoms with E-state index < -0.39 is 116 Å². The van der Waals surface area contributed by atoms with Crippen molar-refractivity contribution in [1.82, 2.24) is 30.0 Å². The number of hydrogen-bond acceptors (Lipinski definition) is 21. The third kappa shape index (κ3) is 12.6. The van der Waals surface area contributed by atoms with Crippen molar-refractivity contribution in [2.24, 2.45) is 28.7 Å². The summed E-state index contributed by atoms with van der Waals surface area (Å²) < 4.78 is 40.5. The molecule has 6 rings (SSSR count). The Labute approximate surface area is 374 Å². The molecule has 5 heterocycles. The van der Waals surface area contributed by atoms with E-state index in [2.05, 4.69) is 34.5 Å². The summed E-state index contributed by atoms with van der Waals surface area (Å²) in [7, 11) is 0. The molecule has 1 saturated carbocycles. The second-order valence-corrected chi connectivity index (χ2v) is 18.0. The van der Waals surface area contributed by atoms with Gasteiger partial charge in [-0.25, -0.2) is 9.36 Å². The van der Waals surface area contributed by atoms with Crippen LogP contribution in [0, 0.1) is 0 Å². The lowest BCUT2D eigenvalue weighted by atomic mass is 9.84. The molecule has 4 aliphatic rings. The van der Waals surface area contributed by atoms with E-state index in [0.29, 0.717) is 0 Å². The van der Waals surface area contributed by atoms with Crippen molar-refractivity contribution in [3.8, 4) is 0 Å². The van der Waals surface area contributed by atoms with Crippen LogP contribution in [0.25, 0.3) is 0 Å². The Morgan fingerprint density at radius 3 is 1.56 bits per heavy atom. The van der Waals surface area contributed by atoms with E-state index >= 15 is 0 Å². The molecule has 1 aliphatic carbocycles. The largest absolute Gasteiger partial charge is 0.389 e. The maximum Gasteiger partial charge on any atom is 0.187 e. The lowest BCUT2D eigenvalue weighted by molar-refractivity contribution is -0.309. The average molecular weight is 914 g/mol. The highest BCUT2D eigenvalue weighted by molar-refractivity contribution is 5.03. The number of unbranched alkanes of at least 4 members (excludes halogenated alkanes) is 8. The van der Waals surface area contributed by atoms with Gasteiger partial charge in [-0.15, -0.1) is 10.2 Å². The maximum atomic E-state index is 11.9. The van der Waals surface area contributed by atoms with E-state index in [1.807, 2.05) is 0 Å². The number of nitrogens with two attached hydrogens (primary N) is 5. The molecule has 3 saturated heterocycles. The molecular weight excluding hydrogens is 839 g/mol. The van der Waals surface area contributed by atoms with Gasteiger partial charge in [0.2, 0.25) is 0 Å². The lowest BCUT2D eigenvalue weighted by Crippen LogP contribution is -2.68. The number of aliphatic hydroxyl groups is 6. The van der Waals surface area contributed by atoms with Crippen molar-refractivity contribution in [3.63, 3.8) is 0 Å². The van der Waals surface area contributed by atoms with Crippen LogP contribution in [0.3, 0.4) is 0 Å². The van der Waals surface area contributed by atoms with Crippen LogP contribution >= 0.6 is 0 Å². The van der Waals surface area contributed by atoms with Gasteiger partial charge in [0.05, 0.1) is 42.7 Å². The molecule has 19 atom stereocenters. The quantitative estimate of drug-likeness (QED) is 0.0488. The number of aryl methyl sites for hydroxylation is 2. The van der Waals surface area contributed by atoms with Crippen LogP contribution in [-0.2, 0) is 54.4 Å². The van der Waals surface area contributed by atoms with E-state index in [-0.39, 0.29) is 26.1 Å². The Morgan fingerprint density at radius 1 is 0.547 bits per heavy atom. The van der Waals surface area contributed by atoms with E-state index in [1.54, 1.807) is 17.1 Å². The molecule has 16 N–H and O–H groups in total. The van der Waals surface area contributed by atoms with Crippen LogP contribution in [-0.4, -0.2) is 183 Å². The highest BCUT2D eigenvalue weighted by Gasteiger charge is 2.54. The first-order chi connectivity index (χ1) is 30.7. The molecule has 0 spiro atoms. The minimum Gasteiger partial charge on any atom is -0.389 e. The van der Waals surface area contributed by atoms with Crippen LogP contribution < -0.4 is 28.7 Å². The van der Waals surface area contributed by atoms with Gasteiger partial charge < -0.3 is 87.7 Å². The van der Waals surface area contributed by atoms with Crippen LogP contribution in [0.15, 0.2) is 12.4 Å². The second kappa shape index (κ2) is 24.1. The third-order valence-electron chi connectivity index (χ3n) is 12.9. The zero-order chi connectivity index (χ0) is 46.1. The predicted octanol–water partition coefficient (Wildman–Crippen LogP) is -3.24. The summed E-state index contributed by atoms with van der Waals surface area (Å²) in [5.41, 5.74) is 33.0. The molecule has 0 amide bonds. The summed E-state index contributed by atoms with van der Waals surface area (Å²) >= 11 is 0. The lowest BCUT2D eigenvalue weighted by Gasteiger charge is -2.47. The summed E-state index contributed by atoms with van der Waals surface area (Å²) in [5.74, 6) is 0. The minimum atomic E-state index is -1.58. The Hall–Kier alpha value is -2.40. The molecule has 0 aromatic carbocycles. The Balaban J connectivity index is 1.17. The van der Waals surface area contributed by atoms with Gasteiger partial charge in [0, 0.05) is 31.0 Å². The Kier molecular flexibility index (Phi) is 19.2. The molecule has 2 aromatic heterocycles. The SMILES string of the molecule is CCCCCCCc1cn(C[C@H]2O[C@H](O[C@H]3[C@H](O[C@@H]4O[C@H](Cn5cc(CCCCCCC)nn5)[C@@H](O[C@H]5OC(CN)[C@@H](O)[C@H](O)[C@H]5N)[C@H]4O)[C@@H](O)[C@H](N)C[C@@H]3N)[C@H](N)[C@@H](O)[C@@H]2O)nn1. The van der Waals surface area contributed by atoms with Crippen LogP contribution in [0.4, 0.5) is 0 Å². The number of aromatic nitrogens is 6. The summed E-state index contributed by atoms with van der Waals surface area (Å²) in [6.45, 7) is 4.20. The maximum absolute atomic E-state index is 11.9. The first-order valence-corrected chi connectivity index (χ1v) is 23.3. The van der Waals surface area contributed by atoms with Crippen molar-refractivity contribution in [1.29, 1.82) is 0 Å². The summed E-state index contributed by atoms with van der Waals surface area (Å²) in [5, 5.41) is 83.9. The zero-order valence-electron chi connectivity index (χ0n) is 37.1. The van der Waals surface area contributed by atoms with Gasteiger partial charge in [-0.05, 0) is 32.1 Å². The summed E-state index contributed by atoms with van der Waals surface area (Å²) in [4.78, 5) is 0. The summed E-state index contributed by atoms with van der Waals surface area (Å²) in [6, 6.07) is -4.26. The summed E-state index contributed by atoms with van der Waals surface area (Å²) in [6.07, 6.45) is -3.67. The molecular formula is C41H75N11O12. The van der Waals surface area contributed by atoms with Crippen LogP contribution in [0.2, 0.25) is 0 Å². The van der Waals surface area contributed by atoms with E-state index in [4.69, 9.17) is 57.1 Å². The van der Waals surface area contributed by atoms with Gasteiger partial charge >= 0.3 is 0 Å². The van der Waals surface area contributed by atoms with Gasteiger partial charge in [0.25, 0.3) is 0 Å². The van der Waals surface area contributed by atoms with Crippen LogP contribution in [0.5, 0.6) is 0 Å². The normalized spacial score (nSPS) is 39.4. The predicted molar refractivity (Wildman–Crippen MR) is 227 cm³/mol. The molecule has 0 bridgehead atoms. The fourth-order valence-corrected chi connectivity index (χ4v) is 8.97. The smallest absolute Gasteiger partial charge is 0.187 e. The van der Waals surface area contributed by atoms with Crippen molar-refractivity contribution in [2.45, 2.75) is 227 Å². The van der Waals surface area contributed by atoms with Crippen LogP contribution in [0.1, 0.15) is 95.9 Å². The first kappa shape index (κ1) is 51.0. The average Bonchev–Trinajstić information content (AvgIpc) is 4.00. The van der Waals surface area contributed by atoms with E-state index in [1.165, 1.54) is 11.1 Å². The van der Waals surface area contributed by atoms with E-state index in [9.17, 15) is 30.6 Å². The molecule has 3 aliphatic heterocycles. The number of hydrogen-bond donors (Lipinski definition) is 11. The molecule has 64 heavy (non-hydrogen) atoms. The molecule has 23 nitrogen and oxygen atoms in total. The molecule has 4 fully saturated rings. The molecule has 366 valence electrons. The van der Waals surface area contributed by atoms with Crippen molar-refractivity contribution in [2.75, 3.05) is 6.54 Å². The number of nitrogens with zero attached hydrogens (tertiary/aromatic N) is 6. The fourth-order valence-electron chi connectivity index (χ4n) is 8.97. The third-order valence-corrected chi connectivity index (χ3v) is 12.9. The minimum absolute atomic E-state index is 0.0165. The first-order valence-electron chi connectivity index (χ1n) is 23.3. The van der Waals surface area contributed by atoms with Crippen molar-refractivity contribution < 1.29 is 59.1 Å². The van der Waals surface area contributed by atoms with E-state index in [0.717, 1.165) is 82.0 Å². The van der Waals surface area contributed by atoms with Gasteiger partial charge in [0.15, 0.2) is 18.9 Å². The Bertz CT molecular complexity index is 1670. The standard InChI is InChI=1S/C41H75N11O12/c1-3-5-7-9-11-13-21-17-51(49-47-21)19-26-32(55)34(57)29(46)40(60-26)62-36-24(44)15-23(43)30(53)38(36)64-41-35(58)37(63-39-28(45)33(56)31(54)25(16-42)59-39)27(61-41)20-52-18-22(48-50-52)14-12-10-8-6-4-2/h17-18,23-41,53-58H,3-16,19-20,42-46H2,1-2H3/t23-,24+,25?,26-,27-,28-,29-,30+,31-,32-,33-,34-,35-,36-,37-,38-,39-,40-,41+/m1/s1. The van der Waals surface area contributed by atoms with Crippen molar-refractivity contribution in [3.05, 3.63) is 23.8 Å². The van der Waals surface area contributed by atoms with Gasteiger partial charge in [-0.3, -0.25) is 0 Å². The molecule has 2 aromatic rings. The van der Waals surface area contributed by atoms with Gasteiger partial charge in [-0.1, -0.05) is 75.6 Å². The number of rotatable bonds is 23. The van der Waals surface area contributed by atoms with Gasteiger partial charge in [0.1, 0.15) is 67.1 Å². The number of aliphatic hydroxyl groups excluding tert-OH is 6. The Morgan fingerprint density at radius 2 is 1.02 bits per heavy atom. The second-order valence-electron chi connectivity index (χ2n) is 18.0. The fraction of sp³-hybridized carbons (Fsp3) is 0.902. The monoisotopic (exact) mass is 914 g/mol. The topological polar surface area (TPSA) is 368 Å². The molecule has 1 unspecified atom stereocenters.